The van der Waals surface area contributed by atoms with E-state index in [1.54, 1.807) is 19.2 Å². The molecule has 118 valence electrons. The zero-order chi connectivity index (χ0) is 16.3. The van der Waals surface area contributed by atoms with Crippen molar-refractivity contribution in [3.05, 3.63) is 29.8 Å². The minimum absolute atomic E-state index is 0.0366. The summed E-state index contributed by atoms with van der Waals surface area (Å²) in [5.74, 6) is -0.865. The molecule has 0 amide bonds. The summed E-state index contributed by atoms with van der Waals surface area (Å²) in [4.78, 5) is 10.8. The maximum atomic E-state index is 12.5. The number of hydrogen-bond acceptors (Lipinski definition) is 3. The van der Waals surface area contributed by atoms with Gasteiger partial charge in [0, 0.05) is 19.0 Å². The molecule has 0 aliphatic rings. The number of nitrogens with zero attached hydrogens (tertiary/aromatic N) is 1. The quantitative estimate of drug-likeness (QED) is 0.839. The molecule has 1 aromatic carbocycles. The predicted octanol–water partition coefficient (Wildman–Crippen LogP) is 2.51. The number of carboxylic acid groups (broad SMARTS) is 1. The van der Waals surface area contributed by atoms with Gasteiger partial charge in [0.1, 0.15) is 0 Å². The summed E-state index contributed by atoms with van der Waals surface area (Å²) >= 11 is 0. The molecule has 0 saturated heterocycles. The van der Waals surface area contributed by atoms with Crippen LogP contribution in [0.4, 0.5) is 0 Å². The largest absolute Gasteiger partial charge is 0.481 e. The Hall–Kier alpha value is -1.40. The van der Waals surface area contributed by atoms with Crippen LogP contribution in [0.5, 0.6) is 0 Å². The van der Waals surface area contributed by atoms with E-state index in [2.05, 4.69) is 0 Å². The lowest BCUT2D eigenvalue weighted by Gasteiger charge is -2.33. The molecule has 0 heterocycles. The molecular weight excluding hydrogens is 290 g/mol. The molecule has 1 aromatic rings. The lowest BCUT2D eigenvalue weighted by atomic mass is 10.0. The maximum absolute atomic E-state index is 12.5. The van der Waals surface area contributed by atoms with Crippen LogP contribution in [0.15, 0.2) is 29.2 Å². The van der Waals surface area contributed by atoms with Crippen molar-refractivity contribution in [1.29, 1.82) is 0 Å². The van der Waals surface area contributed by atoms with Crippen molar-refractivity contribution in [3.63, 3.8) is 0 Å². The van der Waals surface area contributed by atoms with Gasteiger partial charge in [0.05, 0.1) is 4.90 Å². The van der Waals surface area contributed by atoms with Gasteiger partial charge in [-0.15, -0.1) is 0 Å². The van der Waals surface area contributed by atoms with Gasteiger partial charge < -0.3 is 5.11 Å². The summed E-state index contributed by atoms with van der Waals surface area (Å²) in [6, 6.07) is 6.41. The molecule has 5 nitrogen and oxygen atoms in total. The van der Waals surface area contributed by atoms with E-state index in [0.717, 1.165) is 5.56 Å². The molecule has 0 spiro atoms. The third-order valence-electron chi connectivity index (χ3n) is 3.93. The summed E-state index contributed by atoms with van der Waals surface area (Å²) in [5, 5.41) is 8.65. The summed E-state index contributed by atoms with van der Waals surface area (Å²) in [5.41, 5.74) is 0.356. The highest BCUT2D eigenvalue weighted by Gasteiger charge is 2.32. The lowest BCUT2D eigenvalue weighted by Crippen LogP contribution is -2.44. The van der Waals surface area contributed by atoms with Gasteiger partial charge in [-0.05, 0) is 44.4 Å². The van der Waals surface area contributed by atoms with Gasteiger partial charge >= 0.3 is 5.97 Å². The van der Waals surface area contributed by atoms with Crippen molar-refractivity contribution in [2.75, 3.05) is 7.05 Å². The Morgan fingerprint density at radius 3 is 2.19 bits per heavy atom. The molecule has 0 atom stereocenters. The number of hydrogen-bond donors (Lipinski definition) is 1. The minimum atomic E-state index is -3.54. The zero-order valence-corrected chi connectivity index (χ0v) is 13.8. The van der Waals surface area contributed by atoms with Crippen LogP contribution in [0.25, 0.3) is 0 Å². The molecule has 0 saturated carbocycles. The van der Waals surface area contributed by atoms with Crippen LogP contribution < -0.4 is 0 Å². The van der Waals surface area contributed by atoms with Crippen molar-refractivity contribution in [2.45, 2.75) is 50.5 Å². The highest BCUT2D eigenvalue weighted by atomic mass is 32.2. The first-order valence-electron chi connectivity index (χ1n) is 6.91. The highest BCUT2D eigenvalue weighted by Crippen LogP contribution is 2.25. The minimum Gasteiger partial charge on any atom is -0.481 e. The van der Waals surface area contributed by atoms with E-state index < -0.39 is 21.5 Å². The monoisotopic (exact) mass is 313 g/mol. The SMILES string of the molecule is CCC(C)(C)N(C)S(=O)(=O)c1ccc(CCC(=O)O)cc1. The van der Waals surface area contributed by atoms with Crippen LogP contribution in [0.2, 0.25) is 0 Å². The van der Waals surface area contributed by atoms with E-state index in [1.165, 1.54) is 16.4 Å². The highest BCUT2D eigenvalue weighted by molar-refractivity contribution is 7.89. The van der Waals surface area contributed by atoms with Gasteiger partial charge in [-0.1, -0.05) is 19.1 Å². The van der Waals surface area contributed by atoms with Gasteiger partial charge in [-0.3, -0.25) is 4.79 Å². The molecule has 1 N–H and O–H groups in total. The van der Waals surface area contributed by atoms with Crippen molar-refractivity contribution in [3.8, 4) is 0 Å². The Labute approximate surface area is 126 Å². The van der Waals surface area contributed by atoms with E-state index >= 15 is 0 Å². The van der Waals surface area contributed by atoms with Crippen LogP contribution in [0.1, 0.15) is 39.2 Å². The van der Waals surface area contributed by atoms with Crippen molar-refractivity contribution < 1.29 is 18.3 Å². The molecular formula is C15H23NO4S. The predicted molar refractivity (Wildman–Crippen MR) is 81.7 cm³/mol. The Kier molecular flexibility index (Phi) is 5.53. The first-order valence-corrected chi connectivity index (χ1v) is 8.35. The van der Waals surface area contributed by atoms with E-state index in [-0.39, 0.29) is 11.3 Å². The number of carbonyl (C=O) groups is 1. The second-order valence-electron chi connectivity index (χ2n) is 5.68. The Morgan fingerprint density at radius 2 is 1.76 bits per heavy atom. The average Bonchev–Trinajstić information content (AvgIpc) is 2.44. The third kappa shape index (κ3) is 4.28. The molecule has 0 unspecified atom stereocenters. The van der Waals surface area contributed by atoms with Crippen LogP contribution in [-0.4, -0.2) is 36.4 Å². The number of carboxylic acids is 1. The Morgan fingerprint density at radius 1 is 1.24 bits per heavy atom. The van der Waals surface area contributed by atoms with Crippen molar-refractivity contribution >= 4 is 16.0 Å². The molecule has 21 heavy (non-hydrogen) atoms. The number of aliphatic carboxylic acids is 1. The zero-order valence-electron chi connectivity index (χ0n) is 13.0. The van der Waals surface area contributed by atoms with Gasteiger partial charge in [-0.2, -0.15) is 4.31 Å². The fourth-order valence-corrected chi connectivity index (χ4v) is 3.36. The smallest absolute Gasteiger partial charge is 0.303 e. The number of aryl methyl sites for hydroxylation is 1. The normalized spacial score (nSPS) is 12.6. The van der Waals surface area contributed by atoms with Gasteiger partial charge in [0.15, 0.2) is 0 Å². The molecule has 6 heteroatoms. The van der Waals surface area contributed by atoms with E-state index in [0.29, 0.717) is 12.8 Å². The summed E-state index contributed by atoms with van der Waals surface area (Å²) in [7, 11) is -1.96. The second kappa shape index (κ2) is 6.58. The van der Waals surface area contributed by atoms with Crippen LogP contribution in [0, 0.1) is 0 Å². The van der Waals surface area contributed by atoms with Crippen LogP contribution in [-0.2, 0) is 21.2 Å². The number of sulfonamides is 1. The molecule has 0 bridgehead atoms. The van der Waals surface area contributed by atoms with Crippen molar-refractivity contribution in [2.24, 2.45) is 0 Å². The molecule has 0 fully saturated rings. The van der Waals surface area contributed by atoms with Gasteiger partial charge in [0.2, 0.25) is 10.0 Å². The van der Waals surface area contributed by atoms with E-state index in [4.69, 9.17) is 5.11 Å². The number of benzene rings is 1. The van der Waals surface area contributed by atoms with Crippen LogP contribution in [0.3, 0.4) is 0 Å². The molecule has 0 aliphatic carbocycles. The Balaban J connectivity index is 2.97. The molecule has 1 rings (SSSR count). The average molecular weight is 313 g/mol. The molecule has 0 radical (unpaired) electrons. The van der Waals surface area contributed by atoms with Gasteiger partial charge in [-0.25, -0.2) is 8.42 Å². The third-order valence-corrected chi connectivity index (χ3v) is 6.01. The van der Waals surface area contributed by atoms with Crippen LogP contribution >= 0.6 is 0 Å². The second-order valence-corrected chi connectivity index (χ2v) is 7.65. The van der Waals surface area contributed by atoms with Crippen molar-refractivity contribution in [1.82, 2.24) is 4.31 Å². The topological polar surface area (TPSA) is 74.7 Å². The van der Waals surface area contributed by atoms with E-state index in [9.17, 15) is 13.2 Å². The summed E-state index contributed by atoms with van der Waals surface area (Å²) in [6.07, 6.45) is 1.14. The first-order chi connectivity index (χ1) is 9.61. The van der Waals surface area contributed by atoms with Gasteiger partial charge in [0.25, 0.3) is 0 Å². The Bertz CT molecular complexity index is 591. The fraction of sp³-hybridized carbons (Fsp3) is 0.533. The summed E-state index contributed by atoms with van der Waals surface area (Å²) in [6.45, 7) is 5.71. The number of rotatable bonds is 7. The first kappa shape index (κ1) is 17.7. The molecule has 0 aliphatic heterocycles. The standard InChI is InChI=1S/C15H23NO4S/c1-5-15(2,3)16(4)21(19,20)13-9-6-12(7-10-13)8-11-14(17)18/h6-7,9-10H,5,8,11H2,1-4H3,(H,17,18). The maximum Gasteiger partial charge on any atom is 0.303 e. The molecule has 0 aromatic heterocycles. The lowest BCUT2D eigenvalue weighted by molar-refractivity contribution is -0.136. The summed E-state index contributed by atoms with van der Waals surface area (Å²) < 4.78 is 26.5. The fourth-order valence-electron chi connectivity index (χ4n) is 1.79. The van der Waals surface area contributed by atoms with E-state index in [1.807, 2.05) is 20.8 Å².